The Morgan fingerprint density at radius 2 is 2.00 bits per heavy atom. The van der Waals surface area contributed by atoms with Crippen LogP contribution in [0.4, 0.5) is 0 Å². The highest BCUT2D eigenvalue weighted by atomic mass is 16.5. The Labute approximate surface area is 125 Å². The van der Waals surface area contributed by atoms with Gasteiger partial charge in [-0.15, -0.1) is 0 Å². The van der Waals surface area contributed by atoms with E-state index < -0.39 is 0 Å². The van der Waals surface area contributed by atoms with Gasteiger partial charge in [0.05, 0.1) is 12.5 Å². The monoisotopic (exact) mass is 283 g/mol. The van der Waals surface area contributed by atoms with Gasteiger partial charge in [-0.3, -0.25) is 0 Å². The highest BCUT2D eigenvalue weighted by Crippen LogP contribution is 2.36. The zero-order valence-electron chi connectivity index (χ0n) is 12.5. The maximum atomic E-state index is 5.70. The summed E-state index contributed by atoms with van der Waals surface area (Å²) in [6.07, 6.45) is 4.78. The van der Waals surface area contributed by atoms with Crippen molar-refractivity contribution in [2.75, 3.05) is 6.61 Å². The predicted molar refractivity (Wildman–Crippen MR) is 82.4 cm³/mol. The van der Waals surface area contributed by atoms with E-state index in [2.05, 4.69) is 35.2 Å². The smallest absolute Gasteiger partial charge is 0.135 e. The first-order valence-electron chi connectivity index (χ1n) is 7.50. The summed E-state index contributed by atoms with van der Waals surface area (Å²) in [5.74, 6) is 2.09. The quantitative estimate of drug-likeness (QED) is 0.937. The number of hydrogen-bond acceptors (Lipinski definition) is 4. The van der Waals surface area contributed by atoms with Crippen molar-refractivity contribution in [2.24, 2.45) is 0 Å². The third kappa shape index (κ3) is 3.22. The van der Waals surface area contributed by atoms with Crippen LogP contribution in [0, 0.1) is 0 Å². The second-order valence-electron chi connectivity index (χ2n) is 5.71. The molecule has 2 heterocycles. The number of rotatable bonds is 4. The molecule has 1 unspecified atom stereocenters. The van der Waals surface area contributed by atoms with Crippen molar-refractivity contribution in [1.29, 1.82) is 0 Å². The number of aromatic nitrogens is 2. The van der Waals surface area contributed by atoms with Gasteiger partial charge in [-0.2, -0.15) is 0 Å². The molecule has 1 aromatic carbocycles. The van der Waals surface area contributed by atoms with E-state index in [9.17, 15) is 0 Å². The van der Waals surface area contributed by atoms with Crippen LogP contribution in [0.5, 0.6) is 5.75 Å². The standard InChI is InChI=1S/C17H21N3O/c1-12(2)18-9-13-10-19-17(20-11-13)15-7-8-21-16-6-4-3-5-14(15)16/h3-6,10-12,15,18H,7-9H2,1-2H3. The normalized spacial score (nSPS) is 17.4. The SMILES string of the molecule is CC(C)NCc1cnc(C2CCOc3ccccc32)nc1. The average molecular weight is 283 g/mol. The molecule has 0 fully saturated rings. The topological polar surface area (TPSA) is 47.0 Å². The molecule has 0 saturated heterocycles. The van der Waals surface area contributed by atoms with E-state index >= 15 is 0 Å². The first kappa shape index (κ1) is 14.0. The van der Waals surface area contributed by atoms with Crippen LogP contribution in [0.2, 0.25) is 0 Å². The van der Waals surface area contributed by atoms with E-state index in [1.807, 2.05) is 30.6 Å². The van der Waals surface area contributed by atoms with E-state index in [1.54, 1.807) is 0 Å². The molecular formula is C17H21N3O. The molecule has 4 nitrogen and oxygen atoms in total. The molecule has 3 rings (SSSR count). The van der Waals surface area contributed by atoms with Gasteiger partial charge in [0.2, 0.25) is 0 Å². The molecule has 1 aliphatic heterocycles. The third-order valence-corrected chi connectivity index (χ3v) is 3.71. The number of ether oxygens (including phenoxy) is 1. The minimum absolute atomic E-state index is 0.238. The second-order valence-corrected chi connectivity index (χ2v) is 5.71. The van der Waals surface area contributed by atoms with Crippen LogP contribution in [-0.4, -0.2) is 22.6 Å². The van der Waals surface area contributed by atoms with Crippen molar-refractivity contribution in [2.45, 2.75) is 38.8 Å². The lowest BCUT2D eigenvalue weighted by molar-refractivity contribution is 0.274. The molecular weight excluding hydrogens is 262 g/mol. The number of hydrogen-bond donors (Lipinski definition) is 1. The Morgan fingerprint density at radius 3 is 2.76 bits per heavy atom. The molecule has 0 amide bonds. The van der Waals surface area contributed by atoms with Crippen LogP contribution < -0.4 is 10.1 Å². The minimum Gasteiger partial charge on any atom is -0.493 e. The van der Waals surface area contributed by atoms with E-state index in [4.69, 9.17) is 4.74 Å². The number of para-hydroxylation sites is 1. The van der Waals surface area contributed by atoms with Crippen LogP contribution in [0.3, 0.4) is 0 Å². The molecule has 0 bridgehead atoms. The maximum Gasteiger partial charge on any atom is 0.135 e. The van der Waals surface area contributed by atoms with Crippen LogP contribution in [0.15, 0.2) is 36.7 Å². The summed E-state index contributed by atoms with van der Waals surface area (Å²) >= 11 is 0. The Kier molecular flexibility index (Phi) is 4.15. The highest BCUT2D eigenvalue weighted by molar-refractivity contribution is 5.40. The zero-order chi connectivity index (χ0) is 14.7. The largest absolute Gasteiger partial charge is 0.493 e. The molecule has 1 aliphatic rings. The lowest BCUT2D eigenvalue weighted by atomic mass is 9.92. The number of fused-ring (bicyclic) bond motifs is 1. The summed E-state index contributed by atoms with van der Waals surface area (Å²) < 4.78 is 5.70. The third-order valence-electron chi connectivity index (χ3n) is 3.71. The summed E-state index contributed by atoms with van der Waals surface area (Å²) in [5.41, 5.74) is 2.31. The fourth-order valence-corrected chi connectivity index (χ4v) is 2.57. The second kappa shape index (κ2) is 6.22. The maximum absolute atomic E-state index is 5.70. The van der Waals surface area contributed by atoms with E-state index in [-0.39, 0.29) is 5.92 Å². The van der Waals surface area contributed by atoms with Crippen molar-refractivity contribution in [3.05, 3.63) is 53.6 Å². The predicted octanol–water partition coefficient (Wildman–Crippen LogP) is 2.89. The average Bonchev–Trinajstić information content (AvgIpc) is 2.53. The first-order chi connectivity index (χ1) is 10.2. The minimum atomic E-state index is 0.238. The van der Waals surface area contributed by atoms with Crippen LogP contribution >= 0.6 is 0 Å². The van der Waals surface area contributed by atoms with E-state index in [1.165, 1.54) is 5.56 Å². The summed E-state index contributed by atoms with van der Waals surface area (Å²) in [6.45, 7) is 5.80. The molecule has 21 heavy (non-hydrogen) atoms. The number of benzene rings is 1. The lowest BCUT2D eigenvalue weighted by Gasteiger charge is -2.24. The van der Waals surface area contributed by atoms with Crippen molar-refractivity contribution >= 4 is 0 Å². The molecule has 0 radical (unpaired) electrons. The van der Waals surface area contributed by atoms with Crippen LogP contribution in [0.25, 0.3) is 0 Å². The molecule has 110 valence electrons. The summed E-state index contributed by atoms with van der Waals surface area (Å²) in [7, 11) is 0. The summed E-state index contributed by atoms with van der Waals surface area (Å²) in [6, 6.07) is 8.63. The molecule has 1 N–H and O–H groups in total. The molecule has 2 aromatic rings. The lowest BCUT2D eigenvalue weighted by Crippen LogP contribution is -2.22. The number of nitrogens with one attached hydrogen (secondary N) is 1. The van der Waals surface area contributed by atoms with E-state index in [0.717, 1.165) is 36.7 Å². The first-order valence-corrected chi connectivity index (χ1v) is 7.50. The van der Waals surface area contributed by atoms with Gasteiger partial charge in [0, 0.05) is 36.1 Å². The molecule has 0 aliphatic carbocycles. The van der Waals surface area contributed by atoms with Gasteiger partial charge in [-0.25, -0.2) is 9.97 Å². The van der Waals surface area contributed by atoms with E-state index in [0.29, 0.717) is 6.04 Å². The number of nitrogens with zero attached hydrogens (tertiary/aromatic N) is 2. The summed E-state index contributed by atoms with van der Waals surface area (Å²) in [4.78, 5) is 9.15. The Bertz CT molecular complexity index is 595. The fraction of sp³-hybridized carbons (Fsp3) is 0.412. The Hall–Kier alpha value is -1.94. The Morgan fingerprint density at radius 1 is 1.24 bits per heavy atom. The highest BCUT2D eigenvalue weighted by Gasteiger charge is 2.24. The van der Waals surface area contributed by atoms with Gasteiger partial charge >= 0.3 is 0 Å². The molecule has 4 heteroatoms. The van der Waals surface area contributed by atoms with Gasteiger partial charge in [0.15, 0.2) is 0 Å². The van der Waals surface area contributed by atoms with Crippen molar-refractivity contribution in [3.8, 4) is 5.75 Å². The van der Waals surface area contributed by atoms with Crippen molar-refractivity contribution in [3.63, 3.8) is 0 Å². The van der Waals surface area contributed by atoms with Gasteiger partial charge < -0.3 is 10.1 Å². The molecule has 1 aromatic heterocycles. The molecule has 0 spiro atoms. The van der Waals surface area contributed by atoms with Crippen LogP contribution in [-0.2, 0) is 6.54 Å². The van der Waals surface area contributed by atoms with Gasteiger partial charge in [-0.05, 0) is 12.5 Å². The Balaban J connectivity index is 1.79. The zero-order valence-corrected chi connectivity index (χ0v) is 12.5. The fourth-order valence-electron chi connectivity index (χ4n) is 2.57. The van der Waals surface area contributed by atoms with Gasteiger partial charge in [0.1, 0.15) is 11.6 Å². The van der Waals surface area contributed by atoms with Crippen LogP contribution in [0.1, 0.15) is 43.1 Å². The van der Waals surface area contributed by atoms with Gasteiger partial charge in [-0.1, -0.05) is 32.0 Å². The molecule has 0 saturated carbocycles. The molecule has 1 atom stereocenters. The van der Waals surface area contributed by atoms with Crippen molar-refractivity contribution < 1.29 is 4.74 Å². The van der Waals surface area contributed by atoms with Gasteiger partial charge in [0.25, 0.3) is 0 Å². The van der Waals surface area contributed by atoms with Crippen molar-refractivity contribution in [1.82, 2.24) is 15.3 Å². The summed E-state index contributed by atoms with van der Waals surface area (Å²) in [5, 5.41) is 3.38.